The van der Waals surface area contributed by atoms with Gasteiger partial charge in [-0.05, 0) is 30.2 Å². The molecule has 26 heavy (non-hydrogen) atoms. The van der Waals surface area contributed by atoms with Crippen molar-refractivity contribution in [2.75, 3.05) is 30.9 Å². The van der Waals surface area contributed by atoms with Gasteiger partial charge in [0.15, 0.2) is 5.82 Å². The third-order valence-corrected chi connectivity index (χ3v) is 4.03. The molecule has 0 amide bonds. The van der Waals surface area contributed by atoms with Crippen molar-refractivity contribution in [2.24, 2.45) is 0 Å². The maximum atomic E-state index is 5.37. The number of anilines is 2. The first-order chi connectivity index (χ1) is 12.8. The number of pyridine rings is 1. The molecule has 134 valence electrons. The third-order valence-electron chi connectivity index (χ3n) is 4.03. The summed E-state index contributed by atoms with van der Waals surface area (Å²) in [5, 5.41) is 11.5. The fourth-order valence-electron chi connectivity index (χ4n) is 2.52. The molecule has 0 fully saturated rings. The highest BCUT2D eigenvalue weighted by atomic mass is 16.5. The molecule has 0 spiro atoms. The number of ether oxygens (including phenoxy) is 1. The zero-order chi connectivity index (χ0) is 18.2. The molecule has 2 heterocycles. The number of aromatic nitrogens is 4. The summed E-state index contributed by atoms with van der Waals surface area (Å²) < 4.78 is 5.37. The van der Waals surface area contributed by atoms with Crippen molar-refractivity contribution < 1.29 is 4.74 Å². The Bertz CT molecular complexity index is 827. The Morgan fingerprint density at radius 1 is 1.12 bits per heavy atom. The number of benzene rings is 1. The Morgan fingerprint density at radius 3 is 2.73 bits per heavy atom. The number of hydrogen-bond acceptors (Lipinski definition) is 7. The molecule has 0 atom stereocenters. The summed E-state index contributed by atoms with van der Waals surface area (Å²) in [6, 6.07) is 11.9. The van der Waals surface area contributed by atoms with Gasteiger partial charge in [0, 0.05) is 38.1 Å². The molecule has 0 unspecified atom stereocenters. The topological polar surface area (TPSA) is 76.1 Å². The highest BCUT2D eigenvalue weighted by Gasteiger charge is 2.08. The van der Waals surface area contributed by atoms with E-state index in [1.807, 2.05) is 48.3 Å². The number of likely N-dealkylation sites (N-methyl/N-ethyl adjacent to an activating group) is 1. The van der Waals surface area contributed by atoms with Gasteiger partial charge >= 0.3 is 0 Å². The quantitative estimate of drug-likeness (QED) is 0.669. The normalized spacial score (nSPS) is 10.4. The number of hydrogen-bond donors (Lipinski definition) is 1. The molecule has 3 rings (SSSR count). The van der Waals surface area contributed by atoms with E-state index in [0.717, 1.165) is 24.3 Å². The first kappa shape index (κ1) is 17.6. The number of nitrogens with one attached hydrogen (secondary N) is 1. The van der Waals surface area contributed by atoms with Crippen LogP contribution in [0.25, 0.3) is 0 Å². The number of para-hydroxylation sites is 1. The monoisotopic (exact) mass is 350 g/mol. The fraction of sp³-hybridized carbons (Fsp3) is 0.263. The molecule has 1 N–H and O–H groups in total. The van der Waals surface area contributed by atoms with Crippen LogP contribution in [-0.2, 0) is 13.0 Å². The van der Waals surface area contributed by atoms with Crippen LogP contribution in [0, 0.1) is 0 Å². The van der Waals surface area contributed by atoms with Crippen molar-refractivity contribution in [1.29, 1.82) is 0 Å². The van der Waals surface area contributed by atoms with Crippen molar-refractivity contribution >= 4 is 11.8 Å². The maximum absolute atomic E-state index is 5.37. The van der Waals surface area contributed by atoms with Gasteiger partial charge in [-0.2, -0.15) is 10.1 Å². The second-order valence-electron chi connectivity index (χ2n) is 5.83. The Hall–Kier alpha value is -3.22. The van der Waals surface area contributed by atoms with E-state index < -0.39 is 0 Å². The first-order valence-corrected chi connectivity index (χ1v) is 8.42. The lowest BCUT2D eigenvalue weighted by Crippen LogP contribution is -2.23. The highest BCUT2D eigenvalue weighted by Crippen LogP contribution is 2.18. The van der Waals surface area contributed by atoms with Gasteiger partial charge in [0.1, 0.15) is 5.75 Å². The number of methoxy groups -OCH3 is 1. The van der Waals surface area contributed by atoms with Gasteiger partial charge in [-0.1, -0.05) is 18.2 Å². The minimum absolute atomic E-state index is 0.587. The summed E-state index contributed by atoms with van der Waals surface area (Å²) in [4.78, 5) is 10.6. The average Bonchev–Trinajstić information content (AvgIpc) is 2.71. The predicted molar refractivity (Wildman–Crippen MR) is 101 cm³/mol. The van der Waals surface area contributed by atoms with Crippen LogP contribution in [0.3, 0.4) is 0 Å². The zero-order valence-corrected chi connectivity index (χ0v) is 15.0. The Kier molecular flexibility index (Phi) is 5.92. The summed E-state index contributed by atoms with van der Waals surface area (Å²) >= 11 is 0. The van der Waals surface area contributed by atoms with Crippen molar-refractivity contribution in [2.45, 2.75) is 13.0 Å². The van der Waals surface area contributed by atoms with Crippen LogP contribution in [0.15, 0.2) is 55.0 Å². The van der Waals surface area contributed by atoms with E-state index in [4.69, 9.17) is 4.74 Å². The van der Waals surface area contributed by atoms with Gasteiger partial charge in [-0.15, -0.1) is 5.10 Å². The highest BCUT2D eigenvalue weighted by molar-refractivity contribution is 5.41. The lowest BCUT2D eigenvalue weighted by Gasteiger charge is -2.17. The molecule has 0 bridgehead atoms. The Balaban J connectivity index is 1.60. The van der Waals surface area contributed by atoms with Crippen LogP contribution in [0.2, 0.25) is 0 Å². The van der Waals surface area contributed by atoms with Gasteiger partial charge in [-0.3, -0.25) is 4.98 Å². The van der Waals surface area contributed by atoms with E-state index in [1.54, 1.807) is 25.7 Å². The van der Waals surface area contributed by atoms with E-state index in [0.29, 0.717) is 18.3 Å². The third kappa shape index (κ3) is 4.66. The van der Waals surface area contributed by atoms with Crippen LogP contribution in [-0.4, -0.2) is 40.9 Å². The Morgan fingerprint density at radius 2 is 1.92 bits per heavy atom. The van der Waals surface area contributed by atoms with Gasteiger partial charge in [0.05, 0.1) is 13.3 Å². The van der Waals surface area contributed by atoms with Crippen LogP contribution in [0.4, 0.5) is 11.8 Å². The van der Waals surface area contributed by atoms with Gasteiger partial charge < -0.3 is 15.0 Å². The summed E-state index contributed by atoms with van der Waals surface area (Å²) in [5.41, 5.74) is 2.28. The molecule has 2 aromatic heterocycles. The van der Waals surface area contributed by atoms with Crippen molar-refractivity contribution in [3.05, 3.63) is 66.1 Å². The van der Waals surface area contributed by atoms with Crippen LogP contribution < -0.4 is 15.0 Å². The van der Waals surface area contributed by atoms with E-state index in [-0.39, 0.29) is 0 Å². The molecule has 0 aliphatic carbocycles. The zero-order valence-electron chi connectivity index (χ0n) is 15.0. The van der Waals surface area contributed by atoms with E-state index in [2.05, 4.69) is 25.5 Å². The molecule has 0 aliphatic rings. The minimum Gasteiger partial charge on any atom is -0.496 e. The predicted octanol–water partition coefficient (Wildman–Crippen LogP) is 2.57. The lowest BCUT2D eigenvalue weighted by atomic mass is 10.2. The second-order valence-corrected chi connectivity index (χ2v) is 5.83. The first-order valence-electron chi connectivity index (χ1n) is 8.42. The average molecular weight is 350 g/mol. The number of rotatable bonds is 8. The second kappa shape index (κ2) is 8.75. The molecular weight excluding hydrogens is 328 g/mol. The smallest absolute Gasteiger partial charge is 0.247 e. The minimum atomic E-state index is 0.587. The van der Waals surface area contributed by atoms with Crippen molar-refractivity contribution in [3.8, 4) is 5.75 Å². The summed E-state index contributed by atoms with van der Waals surface area (Å²) in [6.45, 7) is 1.39. The summed E-state index contributed by atoms with van der Waals surface area (Å²) in [5.74, 6) is 2.11. The summed E-state index contributed by atoms with van der Waals surface area (Å²) in [6.07, 6.45) is 6.11. The standard InChI is InChI=1S/C19H22N6O/c1-25(12-9-15-7-10-20-11-8-15)19-23-18(14-22-24-19)21-13-16-5-3-4-6-17(16)26-2/h3-8,10-11,14H,9,12-13H2,1-2H3,(H,21,23,24). The molecule has 7 heteroatoms. The van der Waals surface area contributed by atoms with Crippen molar-refractivity contribution in [1.82, 2.24) is 20.2 Å². The van der Waals surface area contributed by atoms with E-state index >= 15 is 0 Å². The molecule has 0 saturated heterocycles. The summed E-state index contributed by atoms with van der Waals surface area (Å²) in [7, 11) is 3.63. The van der Waals surface area contributed by atoms with Gasteiger partial charge in [0.2, 0.25) is 5.95 Å². The van der Waals surface area contributed by atoms with Crippen LogP contribution in [0.1, 0.15) is 11.1 Å². The molecule has 0 saturated carbocycles. The molecule has 3 aromatic rings. The molecular formula is C19H22N6O. The maximum Gasteiger partial charge on any atom is 0.247 e. The number of nitrogens with zero attached hydrogens (tertiary/aromatic N) is 5. The lowest BCUT2D eigenvalue weighted by molar-refractivity contribution is 0.410. The molecule has 0 aliphatic heterocycles. The fourth-order valence-corrected chi connectivity index (χ4v) is 2.52. The molecule has 0 radical (unpaired) electrons. The largest absolute Gasteiger partial charge is 0.496 e. The SMILES string of the molecule is COc1ccccc1CNc1cnnc(N(C)CCc2ccncc2)n1. The Labute approximate surface area is 153 Å². The van der Waals surface area contributed by atoms with E-state index in [1.165, 1.54) is 5.56 Å². The molecule has 7 nitrogen and oxygen atoms in total. The molecule has 1 aromatic carbocycles. The van der Waals surface area contributed by atoms with Gasteiger partial charge in [-0.25, -0.2) is 0 Å². The van der Waals surface area contributed by atoms with E-state index in [9.17, 15) is 0 Å². The van der Waals surface area contributed by atoms with Crippen molar-refractivity contribution in [3.63, 3.8) is 0 Å². The van der Waals surface area contributed by atoms with Crippen LogP contribution in [0.5, 0.6) is 5.75 Å². The van der Waals surface area contributed by atoms with Gasteiger partial charge in [0.25, 0.3) is 0 Å². The van der Waals surface area contributed by atoms with Crippen LogP contribution >= 0.6 is 0 Å².